The molecule has 0 saturated heterocycles. The molecule has 2 rings (SSSR count). The first-order valence-electron chi connectivity index (χ1n) is 9.10. The molecule has 2 N–H and O–H groups in total. The van der Waals surface area contributed by atoms with Crippen molar-refractivity contribution >= 4 is 5.91 Å². The molecule has 1 unspecified atom stereocenters. The normalized spacial score (nSPS) is 14.8. The Labute approximate surface area is 150 Å². The summed E-state index contributed by atoms with van der Waals surface area (Å²) >= 11 is 0. The minimum atomic E-state index is -0.0766. The zero-order chi connectivity index (χ0) is 18.4. The van der Waals surface area contributed by atoms with Gasteiger partial charge in [0.2, 0.25) is 5.75 Å². The maximum Gasteiger partial charge on any atom is 0.254 e. The van der Waals surface area contributed by atoms with E-state index in [9.17, 15) is 4.79 Å². The monoisotopic (exact) mass is 350 g/mol. The van der Waals surface area contributed by atoms with Gasteiger partial charge in [-0.05, 0) is 51.7 Å². The molecule has 0 heterocycles. The standard InChI is InChI=1S/C19H30N2O4/c1-5-23-16-10-14(11-17(24-6-2)18(16)25-7-3)19(22)21(4)15(12-20)13-8-9-13/h10-11,13,15H,5-9,12,20H2,1-4H3. The first-order valence-corrected chi connectivity index (χ1v) is 9.10. The Kier molecular flexibility index (Phi) is 6.93. The molecule has 1 aliphatic rings. The molecule has 1 amide bonds. The molecule has 6 heteroatoms. The highest BCUT2D eigenvalue weighted by Crippen LogP contribution is 2.40. The van der Waals surface area contributed by atoms with Gasteiger partial charge >= 0.3 is 0 Å². The minimum absolute atomic E-state index is 0.0742. The molecule has 0 aliphatic heterocycles. The Morgan fingerprint density at radius 3 is 2.04 bits per heavy atom. The van der Waals surface area contributed by atoms with Gasteiger partial charge in [-0.25, -0.2) is 0 Å². The van der Waals surface area contributed by atoms with Crippen molar-refractivity contribution < 1.29 is 19.0 Å². The first-order chi connectivity index (χ1) is 12.1. The Morgan fingerprint density at radius 2 is 1.64 bits per heavy atom. The number of benzene rings is 1. The Hall–Kier alpha value is -1.95. The Balaban J connectivity index is 2.36. The first kappa shape index (κ1) is 19.4. The zero-order valence-corrected chi connectivity index (χ0v) is 15.7. The van der Waals surface area contributed by atoms with Gasteiger partial charge in [0.1, 0.15) is 0 Å². The highest BCUT2D eigenvalue weighted by Gasteiger charge is 2.35. The largest absolute Gasteiger partial charge is 0.490 e. The molecule has 25 heavy (non-hydrogen) atoms. The molecule has 0 aromatic heterocycles. The molecular weight excluding hydrogens is 320 g/mol. The van der Waals surface area contributed by atoms with E-state index in [1.807, 2.05) is 27.8 Å². The maximum absolute atomic E-state index is 13.0. The van der Waals surface area contributed by atoms with Gasteiger partial charge in [0.15, 0.2) is 11.5 Å². The fourth-order valence-electron chi connectivity index (χ4n) is 3.01. The van der Waals surface area contributed by atoms with Crippen molar-refractivity contribution in [2.24, 2.45) is 11.7 Å². The molecule has 0 radical (unpaired) electrons. The van der Waals surface area contributed by atoms with Crippen LogP contribution < -0.4 is 19.9 Å². The van der Waals surface area contributed by atoms with Crippen molar-refractivity contribution in [1.82, 2.24) is 4.90 Å². The summed E-state index contributed by atoms with van der Waals surface area (Å²) in [5, 5.41) is 0. The molecule has 140 valence electrons. The Bertz CT molecular complexity index is 560. The predicted octanol–water partition coefficient (Wildman–Crippen LogP) is 2.69. The van der Waals surface area contributed by atoms with Crippen LogP contribution in [-0.4, -0.2) is 50.3 Å². The summed E-state index contributed by atoms with van der Waals surface area (Å²) in [5.74, 6) is 2.04. The number of hydrogen-bond acceptors (Lipinski definition) is 5. The molecule has 0 spiro atoms. The average Bonchev–Trinajstić information content (AvgIpc) is 3.42. The second kappa shape index (κ2) is 8.94. The van der Waals surface area contributed by atoms with E-state index < -0.39 is 0 Å². The molecule has 1 saturated carbocycles. The zero-order valence-electron chi connectivity index (χ0n) is 15.7. The van der Waals surface area contributed by atoms with Crippen LogP contribution in [0.15, 0.2) is 12.1 Å². The van der Waals surface area contributed by atoms with Crippen molar-refractivity contribution in [2.45, 2.75) is 39.7 Å². The Morgan fingerprint density at radius 1 is 1.12 bits per heavy atom. The number of carbonyl (C=O) groups is 1. The van der Waals surface area contributed by atoms with Crippen LogP contribution in [0.25, 0.3) is 0 Å². The van der Waals surface area contributed by atoms with Crippen molar-refractivity contribution in [3.05, 3.63) is 17.7 Å². The number of likely N-dealkylation sites (N-methyl/N-ethyl adjacent to an activating group) is 1. The molecule has 1 atom stereocenters. The summed E-state index contributed by atoms with van der Waals surface area (Å²) in [4.78, 5) is 14.7. The lowest BCUT2D eigenvalue weighted by molar-refractivity contribution is 0.0717. The van der Waals surface area contributed by atoms with Gasteiger partial charge in [-0.15, -0.1) is 0 Å². The number of carbonyl (C=O) groups excluding carboxylic acids is 1. The topological polar surface area (TPSA) is 74.0 Å². The van der Waals surface area contributed by atoms with Gasteiger partial charge in [0.25, 0.3) is 5.91 Å². The van der Waals surface area contributed by atoms with Crippen LogP contribution in [0.3, 0.4) is 0 Å². The smallest absolute Gasteiger partial charge is 0.254 e. The van der Waals surface area contributed by atoms with Crippen molar-refractivity contribution in [3.63, 3.8) is 0 Å². The summed E-state index contributed by atoms with van der Waals surface area (Å²) in [6.45, 7) is 7.62. The van der Waals surface area contributed by atoms with E-state index in [1.54, 1.807) is 17.0 Å². The fraction of sp³-hybridized carbons (Fsp3) is 0.632. The molecule has 1 fully saturated rings. The van der Waals surface area contributed by atoms with Crippen molar-refractivity contribution in [2.75, 3.05) is 33.4 Å². The highest BCUT2D eigenvalue weighted by molar-refractivity contribution is 5.95. The lowest BCUT2D eigenvalue weighted by Crippen LogP contribution is -2.43. The van der Waals surface area contributed by atoms with E-state index in [-0.39, 0.29) is 11.9 Å². The van der Waals surface area contributed by atoms with Gasteiger partial charge in [-0.3, -0.25) is 4.79 Å². The van der Waals surface area contributed by atoms with Crippen LogP contribution in [0.1, 0.15) is 44.0 Å². The molecule has 6 nitrogen and oxygen atoms in total. The summed E-state index contributed by atoms with van der Waals surface area (Å²) in [6.07, 6.45) is 2.27. The van der Waals surface area contributed by atoms with Crippen LogP contribution in [0.4, 0.5) is 0 Å². The lowest BCUT2D eigenvalue weighted by Gasteiger charge is -2.27. The number of nitrogens with two attached hydrogens (primary N) is 1. The molecule has 0 bridgehead atoms. The average molecular weight is 350 g/mol. The molecule has 1 aromatic rings. The van der Waals surface area contributed by atoms with Gasteiger partial charge in [-0.2, -0.15) is 0 Å². The number of nitrogens with zero attached hydrogens (tertiary/aromatic N) is 1. The van der Waals surface area contributed by atoms with Crippen LogP contribution in [-0.2, 0) is 0 Å². The highest BCUT2D eigenvalue weighted by atomic mass is 16.5. The van der Waals surface area contributed by atoms with Crippen LogP contribution >= 0.6 is 0 Å². The molecular formula is C19H30N2O4. The third-order valence-corrected chi connectivity index (χ3v) is 4.38. The van der Waals surface area contributed by atoms with Crippen molar-refractivity contribution in [1.29, 1.82) is 0 Å². The van der Waals surface area contributed by atoms with E-state index >= 15 is 0 Å². The summed E-state index contributed by atoms with van der Waals surface area (Å²) in [5.41, 5.74) is 6.41. The number of rotatable bonds is 10. The van der Waals surface area contributed by atoms with E-state index in [2.05, 4.69) is 0 Å². The summed E-state index contributed by atoms with van der Waals surface area (Å²) < 4.78 is 17.1. The number of ether oxygens (including phenoxy) is 3. The van der Waals surface area contributed by atoms with E-state index in [1.165, 1.54) is 0 Å². The third kappa shape index (κ3) is 4.57. The number of hydrogen-bond donors (Lipinski definition) is 1. The van der Waals surface area contributed by atoms with E-state index in [0.29, 0.717) is 55.1 Å². The predicted molar refractivity (Wildman–Crippen MR) is 97.6 cm³/mol. The van der Waals surface area contributed by atoms with Crippen LogP contribution in [0.5, 0.6) is 17.2 Å². The quantitative estimate of drug-likeness (QED) is 0.702. The minimum Gasteiger partial charge on any atom is -0.490 e. The van der Waals surface area contributed by atoms with Crippen molar-refractivity contribution in [3.8, 4) is 17.2 Å². The third-order valence-electron chi connectivity index (χ3n) is 4.38. The van der Waals surface area contributed by atoms with Gasteiger partial charge in [0, 0.05) is 25.2 Å². The second-order valence-electron chi connectivity index (χ2n) is 6.16. The van der Waals surface area contributed by atoms with Crippen LogP contribution in [0.2, 0.25) is 0 Å². The number of amides is 1. The van der Waals surface area contributed by atoms with E-state index in [4.69, 9.17) is 19.9 Å². The van der Waals surface area contributed by atoms with Gasteiger partial charge in [-0.1, -0.05) is 0 Å². The molecule has 1 aromatic carbocycles. The summed E-state index contributed by atoms with van der Waals surface area (Å²) in [6, 6.07) is 3.54. The lowest BCUT2D eigenvalue weighted by atomic mass is 10.1. The SMILES string of the molecule is CCOc1cc(C(=O)N(C)C(CN)C2CC2)cc(OCC)c1OCC. The summed E-state index contributed by atoms with van der Waals surface area (Å²) in [7, 11) is 1.81. The second-order valence-corrected chi connectivity index (χ2v) is 6.16. The molecule has 1 aliphatic carbocycles. The van der Waals surface area contributed by atoms with Crippen LogP contribution in [0, 0.1) is 5.92 Å². The van der Waals surface area contributed by atoms with Gasteiger partial charge in [0.05, 0.1) is 19.8 Å². The maximum atomic E-state index is 13.0. The van der Waals surface area contributed by atoms with Gasteiger partial charge < -0.3 is 24.8 Å². The van der Waals surface area contributed by atoms with E-state index in [0.717, 1.165) is 12.8 Å². The fourth-order valence-corrected chi connectivity index (χ4v) is 3.01.